The molecule has 6 heteroatoms. The summed E-state index contributed by atoms with van der Waals surface area (Å²) in [7, 11) is 0. The molecule has 174 valence electrons. The predicted molar refractivity (Wildman–Crippen MR) is 115 cm³/mol. The summed E-state index contributed by atoms with van der Waals surface area (Å²) in [5.41, 5.74) is 0. The van der Waals surface area contributed by atoms with Crippen molar-refractivity contribution in [3.05, 3.63) is 0 Å². The molecule has 0 radical (unpaired) electrons. The van der Waals surface area contributed by atoms with Crippen molar-refractivity contribution in [2.75, 3.05) is 0 Å². The Kier molecular flexibility index (Phi) is 10.1. The molecule has 2 rings (SSSR count). The third kappa shape index (κ3) is 8.54. The third-order valence-electron chi connectivity index (χ3n) is 6.50. The number of unbranched alkanes of at least 4 members (excludes halogenated alkanes) is 4. The van der Waals surface area contributed by atoms with Gasteiger partial charge in [-0.25, -0.2) is 4.79 Å². The van der Waals surface area contributed by atoms with Gasteiger partial charge in [-0.2, -0.15) is 0 Å². The van der Waals surface area contributed by atoms with Gasteiger partial charge in [-0.3, -0.25) is 4.79 Å². The number of ether oxygens (including phenoxy) is 3. The molecule has 2 heterocycles. The number of hydrogen-bond acceptors (Lipinski definition) is 5. The third-order valence-corrected chi connectivity index (χ3v) is 6.50. The van der Waals surface area contributed by atoms with Crippen LogP contribution in [0.1, 0.15) is 105 Å². The first-order chi connectivity index (χ1) is 14.2. The maximum Gasteiger partial charge on any atom is 0.338 e. The number of fused-ring (bicyclic) bond motifs is 1. The Morgan fingerprint density at radius 2 is 1.70 bits per heavy atom. The second-order valence-electron chi connectivity index (χ2n) is 9.86. The Morgan fingerprint density at radius 1 is 1.00 bits per heavy atom. The molecule has 0 saturated carbocycles. The van der Waals surface area contributed by atoms with E-state index in [2.05, 4.69) is 13.8 Å². The lowest BCUT2D eigenvalue weighted by molar-refractivity contribution is -0.176. The number of carbonyl (C=O) groups excluding carboxylic acids is 1. The fraction of sp³-hybridized carbons (Fsp3) is 0.917. The van der Waals surface area contributed by atoms with E-state index >= 15 is 0 Å². The summed E-state index contributed by atoms with van der Waals surface area (Å²) in [5.74, 6) is -0.823. The highest BCUT2D eigenvalue weighted by Crippen LogP contribution is 2.34. The molecule has 2 aliphatic heterocycles. The van der Waals surface area contributed by atoms with Crippen molar-refractivity contribution in [1.29, 1.82) is 0 Å². The zero-order chi connectivity index (χ0) is 22.1. The van der Waals surface area contributed by atoms with Crippen LogP contribution in [0, 0.1) is 11.8 Å². The number of carboxylic acid groups (broad SMARTS) is 1. The fourth-order valence-corrected chi connectivity index (χ4v) is 4.64. The highest BCUT2D eigenvalue weighted by molar-refractivity contribution is 5.76. The van der Waals surface area contributed by atoms with Crippen molar-refractivity contribution in [3.8, 4) is 0 Å². The van der Waals surface area contributed by atoms with Gasteiger partial charge in [-0.1, -0.05) is 46.0 Å². The largest absolute Gasteiger partial charge is 0.481 e. The highest BCUT2D eigenvalue weighted by atomic mass is 16.8. The molecule has 2 aliphatic rings. The lowest BCUT2D eigenvalue weighted by atomic mass is 9.89. The smallest absolute Gasteiger partial charge is 0.338 e. The zero-order valence-corrected chi connectivity index (χ0v) is 19.4. The Morgan fingerprint density at radius 3 is 2.43 bits per heavy atom. The van der Waals surface area contributed by atoms with Crippen LogP contribution in [0.25, 0.3) is 0 Å². The predicted octanol–water partition coefficient (Wildman–Crippen LogP) is 5.47. The standard InChI is InChI=1S/C24H42O6/c1-17-11-10-12-18(2)19(13-8-6-5-7-9-14-21(25)26)28-23(27)22-20(16-15-17)29-24(3,4)30-22/h17-20,22H,5-16H2,1-4H3,(H,25,26)/t17-,18+,19-,20-,22-/m1/s1. The molecule has 0 bridgehead atoms. The van der Waals surface area contributed by atoms with Crippen molar-refractivity contribution >= 4 is 11.9 Å². The molecule has 0 aromatic carbocycles. The van der Waals surface area contributed by atoms with E-state index in [4.69, 9.17) is 19.3 Å². The first kappa shape index (κ1) is 25.1. The number of esters is 1. The van der Waals surface area contributed by atoms with Crippen LogP contribution in [0.4, 0.5) is 0 Å². The van der Waals surface area contributed by atoms with Crippen LogP contribution in [0.2, 0.25) is 0 Å². The minimum atomic E-state index is -0.755. The van der Waals surface area contributed by atoms with E-state index in [1.165, 1.54) is 6.42 Å². The van der Waals surface area contributed by atoms with Crippen LogP contribution < -0.4 is 0 Å². The van der Waals surface area contributed by atoms with Crippen molar-refractivity contribution < 1.29 is 28.9 Å². The van der Waals surface area contributed by atoms with Gasteiger partial charge in [0.1, 0.15) is 6.10 Å². The summed E-state index contributed by atoms with van der Waals surface area (Å²) < 4.78 is 18.0. The normalized spacial score (nSPS) is 32.5. The monoisotopic (exact) mass is 426 g/mol. The summed E-state index contributed by atoms with van der Waals surface area (Å²) >= 11 is 0. The topological polar surface area (TPSA) is 82.1 Å². The second-order valence-corrected chi connectivity index (χ2v) is 9.86. The lowest BCUT2D eigenvalue weighted by Crippen LogP contribution is -2.38. The fourth-order valence-electron chi connectivity index (χ4n) is 4.64. The van der Waals surface area contributed by atoms with Gasteiger partial charge in [-0.05, 0) is 64.2 Å². The van der Waals surface area contributed by atoms with E-state index in [0.717, 1.165) is 64.2 Å². The van der Waals surface area contributed by atoms with Crippen LogP contribution in [0.3, 0.4) is 0 Å². The molecule has 5 atom stereocenters. The minimum Gasteiger partial charge on any atom is -0.481 e. The number of hydrogen-bond donors (Lipinski definition) is 1. The number of rotatable bonds is 8. The Balaban J connectivity index is 1.91. The van der Waals surface area contributed by atoms with Gasteiger partial charge in [0.25, 0.3) is 0 Å². The molecule has 30 heavy (non-hydrogen) atoms. The van der Waals surface area contributed by atoms with E-state index in [1.807, 2.05) is 13.8 Å². The van der Waals surface area contributed by atoms with Crippen molar-refractivity contribution in [1.82, 2.24) is 0 Å². The van der Waals surface area contributed by atoms with E-state index < -0.39 is 17.9 Å². The minimum absolute atomic E-state index is 0.0979. The summed E-state index contributed by atoms with van der Waals surface area (Å²) in [6.45, 7) is 8.19. The van der Waals surface area contributed by atoms with Crippen molar-refractivity contribution in [2.24, 2.45) is 11.8 Å². The summed E-state index contributed by atoms with van der Waals surface area (Å²) in [5, 5.41) is 8.72. The molecule has 6 nitrogen and oxygen atoms in total. The number of aliphatic carboxylic acids is 1. The van der Waals surface area contributed by atoms with E-state index in [0.29, 0.717) is 11.8 Å². The molecule has 0 aromatic heterocycles. The van der Waals surface area contributed by atoms with Gasteiger partial charge >= 0.3 is 11.9 Å². The van der Waals surface area contributed by atoms with E-state index in [-0.39, 0.29) is 24.6 Å². The molecular formula is C24H42O6. The summed E-state index contributed by atoms with van der Waals surface area (Å²) in [4.78, 5) is 23.6. The summed E-state index contributed by atoms with van der Waals surface area (Å²) in [6.07, 6.45) is 10.1. The molecule has 0 aromatic rings. The maximum absolute atomic E-state index is 13.0. The van der Waals surface area contributed by atoms with E-state index in [9.17, 15) is 9.59 Å². The lowest BCUT2D eigenvalue weighted by Gasteiger charge is -2.28. The van der Waals surface area contributed by atoms with Gasteiger partial charge in [0.15, 0.2) is 11.9 Å². The molecular weight excluding hydrogens is 384 g/mol. The van der Waals surface area contributed by atoms with Crippen LogP contribution >= 0.6 is 0 Å². The number of carbonyl (C=O) groups is 2. The number of carboxylic acids is 1. The first-order valence-electron chi connectivity index (χ1n) is 12.0. The highest BCUT2D eigenvalue weighted by Gasteiger charge is 2.46. The van der Waals surface area contributed by atoms with E-state index in [1.54, 1.807) is 0 Å². The summed E-state index contributed by atoms with van der Waals surface area (Å²) in [6, 6.07) is 0. The van der Waals surface area contributed by atoms with Crippen LogP contribution in [0.15, 0.2) is 0 Å². The average molecular weight is 427 g/mol. The average Bonchev–Trinajstić information content (AvgIpc) is 2.98. The van der Waals surface area contributed by atoms with Crippen LogP contribution in [-0.2, 0) is 23.8 Å². The Bertz CT molecular complexity index is 546. The van der Waals surface area contributed by atoms with Gasteiger partial charge in [0.05, 0.1) is 6.10 Å². The van der Waals surface area contributed by atoms with Crippen LogP contribution in [0.5, 0.6) is 0 Å². The molecule has 0 aliphatic carbocycles. The molecule has 0 unspecified atom stereocenters. The molecule has 2 saturated heterocycles. The maximum atomic E-state index is 13.0. The SMILES string of the molecule is C[C@@H]1CCC[C@H](C)[C@@H](CCCCCCCC(=O)O)OC(=O)[C@@H]2OC(C)(C)O[C@@H]2CC1. The molecule has 1 N–H and O–H groups in total. The molecule has 0 amide bonds. The molecule has 0 spiro atoms. The van der Waals surface area contributed by atoms with Gasteiger partial charge in [0, 0.05) is 6.42 Å². The quantitative estimate of drug-likeness (QED) is 0.409. The first-order valence-corrected chi connectivity index (χ1v) is 12.0. The number of cyclic esters (lactones) is 1. The van der Waals surface area contributed by atoms with Crippen molar-refractivity contribution in [2.45, 2.75) is 129 Å². The zero-order valence-electron chi connectivity index (χ0n) is 19.4. The second kappa shape index (κ2) is 12.0. The Hall–Kier alpha value is -1.14. The van der Waals surface area contributed by atoms with Gasteiger partial charge in [-0.15, -0.1) is 0 Å². The molecule has 2 fully saturated rings. The van der Waals surface area contributed by atoms with Crippen molar-refractivity contribution in [3.63, 3.8) is 0 Å². The van der Waals surface area contributed by atoms with Crippen LogP contribution in [-0.4, -0.2) is 41.1 Å². The Labute approximate surface area is 182 Å². The van der Waals surface area contributed by atoms with Gasteiger partial charge < -0.3 is 19.3 Å². The van der Waals surface area contributed by atoms with Gasteiger partial charge in [0.2, 0.25) is 0 Å².